The Hall–Kier alpha value is -1.65. The van der Waals surface area contributed by atoms with Crippen LogP contribution in [0.25, 0.3) is 21.9 Å². The largest absolute Gasteiger partial charge is 0.0936 e. The molecule has 88 valence electrons. The zero-order valence-corrected chi connectivity index (χ0v) is 11.4. The zero-order chi connectivity index (χ0) is 12.4. The van der Waals surface area contributed by atoms with Crippen LogP contribution in [0.2, 0.25) is 0 Å². The Morgan fingerprint density at radius 3 is 2.06 bits per heavy atom. The van der Waals surface area contributed by atoms with Crippen LogP contribution in [0, 0.1) is 0 Å². The lowest BCUT2D eigenvalue weighted by atomic mass is 10.0. The first-order chi connectivity index (χ1) is 8.86. The van der Waals surface area contributed by atoms with E-state index >= 15 is 0 Å². The molecule has 0 saturated carbocycles. The van der Waals surface area contributed by atoms with E-state index in [1.807, 2.05) is 0 Å². The van der Waals surface area contributed by atoms with Crippen LogP contribution in [0.1, 0.15) is 0 Å². The molecule has 0 fully saturated rings. The standard InChI is InChI=1S/C17H15P/c1-18-17-10-8-14(9-11-17)16-7-6-13-4-2-3-5-15(13)12-16/h2-12,18H,1H3. The molecule has 0 spiro atoms. The van der Waals surface area contributed by atoms with Crippen molar-refractivity contribution >= 4 is 24.7 Å². The van der Waals surface area contributed by atoms with Gasteiger partial charge in [-0.3, -0.25) is 0 Å². The summed E-state index contributed by atoms with van der Waals surface area (Å²) in [5, 5.41) is 4.02. The van der Waals surface area contributed by atoms with Crippen molar-refractivity contribution in [3.63, 3.8) is 0 Å². The van der Waals surface area contributed by atoms with E-state index in [9.17, 15) is 0 Å². The third-order valence-corrected chi connectivity index (χ3v) is 4.17. The fourth-order valence-corrected chi connectivity index (χ4v) is 2.70. The minimum Gasteiger partial charge on any atom is -0.0936 e. The lowest BCUT2D eigenvalue weighted by Crippen LogP contribution is -1.91. The van der Waals surface area contributed by atoms with Crippen LogP contribution in [0.15, 0.2) is 66.7 Å². The third-order valence-electron chi connectivity index (χ3n) is 3.26. The zero-order valence-electron chi connectivity index (χ0n) is 10.4. The van der Waals surface area contributed by atoms with Gasteiger partial charge in [0.15, 0.2) is 0 Å². The molecular formula is C17H15P. The molecule has 0 nitrogen and oxygen atoms in total. The summed E-state index contributed by atoms with van der Waals surface area (Å²) in [6, 6.07) is 24.0. The van der Waals surface area contributed by atoms with Crippen molar-refractivity contribution in [2.45, 2.75) is 0 Å². The third kappa shape index (κ3) is 2.17. The first kappa shape index (κ1) is 11.4. The summed E-state index contributed by atoms with van der Waals surface area (Å²) < 4.78 is 0. The van der Waals surface area contributed by atoms with Crippen LogP contribution in [0.3, 0.4) is 0 Å². The Morgan fingerprint density at radius 2 is 1.33 bits per heavy atom. The molecule has 0 aliphatic rings. The van der Waals surface area contributed by atoms with Crippen molar-refractivity contribution < 1.29 is 0 Å². The van der Waals surface area contributed by atoms with Gasteiger partial charge in [0, 0.05) is 0 Å². The molecule has 3 aromatic rings. The quantitative estimate of drug-likeness (QED) is 0.590. The Labute approximate surface area is 109 Å². The molecule has 0 amide bonds. The molecule has 3 rings (SSSR count). The fraction of sp³-hybridized carbons (Fsp3) is 0.0588. The second-order valence-electron chi connectivity index (χ2n) is 4.39. The maximum absolute atomic E-state index is 2.26. The van der Waals surface area contributed by atoms with Crippen molar-refractivity contribution in [3.05, 3.63) is 66.7 Å². The minimum absolute atomic E-state index is 0.869. The van der Waals surface area contributed by atoms with Gasteiger partial charge in [-0.25, -0.2) is 0 Å². The van der Waals surface area contributed by atoms with Crippen molar-refractivity contribution in [2.75, 3.05) is 6.66 Å². The smallest absolute Gasteiger partial charge is 0.0178 e. The van der Waals surface area contributed by atoms with Crippen molar-refractivity contribution in [3.8, 4) is 11.1 Å². The predicted molar refractivity (Wildman–Crippen MR) is 83.3 cm³/mol. The van der Waals surface area contributed by atoms with Gasteiger partial charge in [0.2, 0.25) is 0 Å². The van der Waals surface area contributed by atoms with Crippen LogP contribution in [-0.4, -0.2) is 6.66 Å². The van der Waals surface area contributed by atoms with Crippen LogP contribution in [0.5, 0.6) is 0 Å². The van der Waals surface area contributed by atoms with Gasteiger partial charge >= 0.3 is 0 Å². The average Bonchev–Trinajstić information content (AvgIpc) is 2.47. The Kier molecular flexibility index (Phi) is 3.13. The van der Waals surface area contributed by atoms with Gasteiger partial charge in [0.1, 0.15) is 0 Å². The van der Waals surface area contributed by atoms with Gasteiger partial charge in [-0.2, -0.15) is 0 Å². The summed E-state index contributed by atoms with van der Waals surface area (Å²) in [5.74, 6) is 0. The van der Waals surface area contributed by atoms with E-state index in [2.05, 4.69) is 73.4 Å². The molecule has 0 N–H and O–H groups in total. The molecule has 0 heterocycles. The molecule has 0 bridgehead atoms. The van der Waals surface area contributed by atoms with E-state index in [-0.39, 0.29) is 0 Å². The highest BCUT2D eigenvalue weighted by Crippen LogP contribution is 2.24. The molecule has 1 heteroatoms. The van der Waals surface area contributed by atoms with Crippen LogP contribution in [0.4, 0.5) is 0 Å². The van der Waals surface area contributed by atoms with Gasteiger partial charge < -0.3 is 0 Å². The van der Waals surface area contributed by atoms with E-state index in [4.69, 9.17) is 0 Å². The Balaban J connectivity index is 2.07. The highest BCUT2D eigenvalue weighted by atomic mass is 31.1. The fourth-order valence-electron chi connectivity index (χ4n) is 2.20. The molecule has 0 radical (unpaired) electrons. The number of hydrogen-bond donors (Lipinski definition) is 0. The van der Waals surface area contributed by atoms with Crippen LogP contribution < -0.4 is 5.30 Å². The Morgan fingerprint density at radius 1 is 0.667 bits per heavy atom. The molecule has 18 heavy (non-hydrogen) atoms. The lowest BCUT2D eigenvalue weighted by Gasteiger charge is -2.05. The molecule has 1 unspecified atom stereocenters. The van der Waals surface area contributed by atoms with Gasteiger partial charge in [-0.15, -0.1) is 0 Å². The normalized spacial score (nSPS) is 11.4. The van der Waals surface area contributed by atoms with Gasteiger partial charge in [0.25, 0.3) is 0 Å². The summed E-state index contributed by atoms with van der Waals surface area (Å²) in [5.41, 5.74) is 2.59. The van der Waals surface area contributed by atoms with Gasteiger partial charge in [-0.1, -0.05) is 69.2 Å². The molecule has 3 aromatic carbocycles. The average molecular weight is 250 g/mol. The highest BCUT2D eigenvalue weighted by molar-refractivity contribution is 7.46. The second-order valence-corrected chi connectivity index (χ2v) is 5.47. The van der Waals surface area contributed by atoms with Crippen molar-refractivity contribution in [1.29, 1.82) is 0 Å². The minimum atomic E-state index is 0.869. The van der Waals surface area contributed by atoms with E-state index in [0.29, 0.717) is 0 Å². The summed E-state index contributed by atoms with van der Waals surface area (Å²) in [6.45, 7) is 2.21. The predicted octanol–water partition coefficient (Wildman–Crippen LogP) is 4.44. The van der Waals surface area contributed by atoms with E-state index in [0.717, 1.165) is 8.58 Å². The molecule has 1 atom stereocenters. The lowest BCUT2D eigenvalue weighted by molar-refractivity contribution is 1.67. The number of benzene rings is 3. The number of rotatable bonds is 2. The number of fused-ring (bicyclic) bond motifs is 1. The maximum atomic E-state index is 2.26. The van der Waals surface area contributed by atoms with E-state index in [1.54, 1.807) is 0 Å². The first-order valence-corrected chi connectivity index (χ1v) is 7.64. The summed E-state index contributed by atoms with van der Waals surface area (Å²) >= 11 is 0. The molecule has 0 saturated heterocycles. The summed E-state index contributed by atoms with van der Waals surface area (Å²) in [4.78, 5) is 0. The van der Waals surface area contributed by atoms with Crippen molar-refractivity contribution in [1.82, 2.24) is 0 Å². The number of hydrogen-bond acceptors (Lipinski definition) is 0. The summed E-state index contributed by atoms with van der Waals surface area (Å²) in [6.07, 6.45) is 0. The molecule has 0 aliphatic carbocycles. The SMILES string of the molecule is CPc1ccc(-c2ccc3ccccc3c2)cc1. The van der Waals surface area contributed by atoms with Gasteiger partial charge in [-0.05, 0) is 39.9 Å². The Bertz CT molecular complexity index is 669. The molecule has 0 aromatic heterocycles. The van der Waals surface area contributed by atoms with E-state index in [1.165, 1.54) is 27.2 Å². The van der Waals surface area contributed by atoms with Crippen LogP contribution >= 0.6 is 8.58 Å². The first-order valence-electron chi connectivity index (χ1n) is 6.14. The monoisotopic (exact) mass is 250 g/mol. The molecule has 0 aliphatic heterocycles. The topological polar surface area (TPSA) is 0 Å². The van der Waals surface area contributed by atoms with E-state index < -0.39 is 0 Å². The van der Waals surface area contributed by atoms with Gasteiger partial charge in [0.05, 0.1) is 0 Å². The molecular weight excluding hydrogens is 235 g/mol. The maximum Gasteiger partial charge on any atom is -0.0178 e. The summed E-state index contributed by atoms with van der Waals surface area (Å²) in [7, 11) is 0.869. The highest BCUT2D eigenvalue weighted by Gasteiger charge is 1.99. The van der Waals surface area contributed by atoms with Crippen molar-refractivity contribution in [2.24, 2.45) is 0 Å². The second kappa shape index (κ2) is 4.92. The van der Waals surface area contributed by atoms with Crippen LogP contribution in [-0.2, 0) is 0 Å².